The predicted octanol–water partition coefficient (Wildman–Crippen LogP) is 4.06. The topological polar surface area (TPSA) is 53.8 Å². The van der Waals surface area contributed by atoms with E-state index in [0.717, 1.165) is 4.88 Å². The minimum atomic E-state index is -0.334. The van der Waals surface area contributed by atoms with E-state index < -0.39 is 0 Å². The first-order valence-electron chi connectivity index (χ1n) is 9.56. The van der Waals surface area contributed by atoms with Crippen molar-refractivity contribution in [2.24, 2.45) is 0 Å². The van der Waals surface area contributed by atoms with Crippen LogP contribution in [-0.2, 0) is 11.2 Å². The number of halogens is 1. The number of thiophene rings is 1. The third-order valence-electron chi connectivity index (χ3n) is 5.04. The van der Waals surface area contributed by atoms with Crippen LogP contribution < -0.4 is 0 Å². The first-order chi connectivity index (χ1) is 14.1. The summed E-state index contributed by atoms with van der Waals surface area (Å²) in [5.74, 6) is 0.856. The normalized spacial score (nSPS) is 14.2. The van der Waals surface area contributed by atoms with Crippen LogP contribution in [0.15, 0.2) is 58.3 Å². The molecule has 0 saturated carbocycles. The van der Waals surface area contributed by atoms with Gasteiger partial charge < -0.3 is 14.2 Å². The molecule has 29 heavy (non-hydrogen) atoms. The fourth-order valence-electron chi connectivity index (χ4n) is 3.42. The second-order valence-electron chi connectivity index (χ2n) is 6.90. The maximum atomic E-state index is 13.9. The number of piperazine rings is 1. The molecule has 3 aromatic rings. The number of furan rings is 1. The van der Waals surface area contributed by atoms with E-state index in [0.29, 0.717) is 56.1 Å². The van der Waals surface area contributed by atoms with Gasteiger partial charge >= 0.3 is 0 Å². The standard InChI is InChI=1S/C22H21FN2O3S/c23-18-5-2-1-4-17(18)19-9-7-16(28-19)8-10-21(26)24-11-13-25(14-12-24)22(27)20-6-3-15-29-20/h1-7,9,15H,8,10-14H2. The van der Waals surface area contributed by atoms with Gasteiger partial charge in [0.15, 0.2) is 0 Å². The van der Waals surface area contributed by atoms with Gasteiger partial charge in [-0.25, -0.2) is 4.39 Å². The highest BCUT2D eigenvalue weighted by atomic mass is 32.1. The molecule has 0 N–H and O–H groups in total. The molecule has 1 saturated heterocycles. The van der Waals surface area contributed by atoms with Crippen LogP contribution in [0.3, 0.4) is 0 Å². The van der Waals surface area contributed by atoms with Gasteiger partial charge in [-0.3, -0.25) is 9.59 Å². The lowest BCUT2D eigenvalue weighted by atomic mass is 10.1. The van der Waals surface area contributed by atoms with Crippen molar-refractivity contribution in [3.8, 4) is 11.3 Å². The molecule has 5 nitrogen and oxygen atoms in total. The van der Waals surface area contributed by atoms with Gasteiger partial charge in [-0.15, -0.1) is 11.3 Å². The molecule has 0 radical (unpaired) electrons. The first-order valence-corrected chi connectivity index (χ1v) is 10.4. The highest BCUT2D eigenvalue weighted by Crippen LogP contribution is 2.25. The average molecular weight is 412 g/mol. The van der Waals surface area contributed by atoms with Crippen LogP contribution in [0.2, 0.25) is 0 Å². The Balaban J connectivity index is 1.28. The molecular weight excluding hydrogens is 391 g/mol. The Labute approximate surface area is 172 Å². The maximum absolute atomic E-state index is 13.9. The molecule has 1 aliphatic rings. The number of benzene rings is 1. The molecule has 0 aliphatic carbocycles. The molecular formula is C22H21FN2O3S. The van der Waals surface area contributed by atoms with Gasteiger partial charge in [0, 0.05) is 39.0 Å². The van der Waals surface area contributed by atoms with E-state index >= 15 is 0 Å². The van der Waals surface area contributed by atoms with E-state index in [-0.39, 0.29) is 17.6 Å². The molecule has 1 aromatic carbocycles. The number of carbonyl (C=O) groups excluding carboxylic acids is 2. The summed E-state index contributed by atoms with van der Waals surface area (Å²) in [7, 11) is 0. The van der Waals surface area contributed by atoms with Crippen LogP contribution in [0.25, 0.3) is 11.3 Å². The lowest BCUT2D eigenvalue weighted by molar-refractivity contribution is -0.132. The Morgan fingerprint density at radius 3 is 2.45 bits per heavy atom. The van der Waals surface area contributed by atoms with Crippen molar-refractivity contribution in [1.82, 2.24) is 9.80 Å². The highest BCUT2D eigenvalue weighted by molar-refractivity contribution is 7.12. The summed E-state index contributed by atoms with van der Waals surface area (Å²) in [6.45, 7) is 2.16. The maximum Gasteiger partial charge on any atom is 0.264 e. The summed E-state index contributed by atoms with van der Waals surface area (Å²) in [4.78, 5) is 29.2. The second kappa shape index (κ2) is 8.61. The zero-order chi connectivity index (χ0) is 20.2. The zero-order valence-corrected chi connectivity index (χ0v) is 16.7. The minimum absolute atomic E-state index is 0.0309. The summed E-state index contributed by atoms with van der Waals surface area (Å²) in [5, 5.41) is 1.89. The lowest BCUT2D eigenvalue weighted by Crippen LogP contribution is -2.50. The van der Waals surface area contributed by atoms with E-state index in [1.807, 2.05) is 17.5 Å². The van der Waals surface area contributed by atoms with Crippen LogP contribution in [0.4, 0.5) is 4.39 Å². The van der Waals surface area contributed by atoms with Crippen molar-refractivity contribution in [1.29, 1.82) is 0 Å². The third kappa shape index (κ3) is 4.40. The van der Waals surface area contributed by atoms with Crippen molar-refractivity contribution in [2.45, 2.75) is 12.8 Å². The van der Waals surface area contributed by atoms with Crippen LogP contribution in [-0.4, -0.2) is 47.8 Å². The second-order valence-corrected chi connectivity index (χ2v) is 7.84. The molecule has 0 unspecified atom stereocenters. The van der Waals surface area contributed by atoms with E-state index in [1.54, 1.807) is 40.1 Å². The fourth-order valence-corrected chi connectivity index (χ4v) is 4.11. The Bertz CT molecular complexity index is 991. The van der Waals surface area contributed by atoms with Crippen molar-refractivity contribution < 1.29 is 18.4 Å². The molecule has 1 aliphatic heterocycles. The van der Waals surface area contributed by atoms with Crippen molar-refractivity contribution >= 4 is 23.2 Å². The number of carbonyl (C=O) groups is 2. The van der Waals surface area contributed by atoms with Crippen LogP contribution in [0, 0.1) is 5.82 Å². The van der Waals surface area contributed by atoms with Crippen LogP contribution in [0.5, 0.6) is 0 Å². The molecule has 7 heteroatoms. The monoisotopic (exact) mass is 412 g/mol. The van der Waals surface area contributed by atoms with E-state index in [9.17, 15) is 14.0 Å². The summed E-state index contributed by atoms with van der Waals surface area (Å²) in [6, 6.07) is 13.7. The van der Waals surface area contributed by atoms with Gasteiger partial charge in [0.25, 0.3) is 5.91 Å². The third-order valence-corrected chi connectivity index (χ3v) is 5.90. The number of hydrogen-bond acceptors (Lipinski definition) is 4. The van der Waals surface area contributed by atoms with Gasteiger partial charge in [-0.2, -0.15) is 0 Å². The minimum Gasteiger partial charge on any atom is -0.461 e. The van der Waals surface area contributed by atoms with Crippen molar-refractivity contribution in [2.75, 3.05) is 26.2 Å². The lowest BCUT2D eigenvalue weighted by Gasteiger charge is -2.34. The molecule has 0 spiro atoms. The van der Waals surface area contributed by atoms with Crippen LogP contribution in [0.1, 0.15) is 21.9 Å². The first kappa shape index (κ1) is 19.4. The Morgan fingerprint density at radius 1 is 0.966 bits per heavy atom. The van der Waals surface area contributed by atoms with Gasteiger partial charge in [0.1, 0.15) is 17.3 Å². The van der Waals surface area contributed by atoms with E-state index in [4.69, 9.17) is 4.42 Å². The van der Waals surface area contributed by atoms with E-state index in [2.05, 4.69) is 0 Å². The summed E-state index contributed by atoms with van der Waals surface area (Å²) >= 11 is 1.43. The Kier molecular flexibility index (Phi) is 5.76. The van der Waals surface area contributed by atoms with Crippen molar-refractivity contribution in [3.05, 3.63) is 70.4 Å². The largest absolute Gasteiger partial charge is 0.461 e. The molecule has 0 bridgehead atoms. The number of hydrogen-bond donors (Lipinski definition) is 0. The highest BCUT2D eigenvalue weighted by Gasteiger charge is 2.25. The fraction of sp³-hybridized carbons (Fsp3) is 0.273. The molecule has 3 heterocycles. The van der Waals surface area contributed by atoms with Gasteiger partial charge in [0.2, 0.25) is 5.91 Å². The van der Waals surface area contributed by atoms with Crippen LogP contribution >= 0.6 is 11.3 Å². The average Bonchev–Trinajstić information content (AvgIpc) is 3.44. The number of rotatable bonds is 5. The smallest absolute Gasteiger partial charge is 0.264 e. The van der Waals surface area contributed by atoms with Gasteiger partial charge in [-0.05, 0) is 35.7 Å². The Hall–Kier alpha value is -2.93. The van der Waals surface area contributed by atoms with E-state index in [1.165, 1.54) is 17.4 Å². The number of nitrogens with zero attached hydrogens (tertiary/aromatic N) is 2. The molecule has 2 aromatic heterocycles. The number of amides is 2. The SMILES string of the molecule is O=C(CCc1ccc(-c2ccccc2F)o1)N1CCN(C(=O)c2cccs2)CC1. The predicted molar refractivity (Wildman–Crippen MR) is 109 cm³/mol. The molecule has 2 amide bonds. The zero-order valence-electron chi connectivity index (χ0n) is 15.8. The Morgan fingerprint density at radius 2 is 1.72 bits per heavy atom. The molecule has 0 atom stereocenters. The summed E-state index contributed by atoms with van der Waals surface area (Å²) < 4.78 is 19.6. The molecule has 150 valence electrons. The van der Waals surface area contributed by atoms with Gasteiger partial charge in [0.05, 0.1) is 10.4 Å². The summed E-state index contributed by atoms with van der Waals surface area (Å²) in [5.41, 5.74) is 0.414. The quantitative estimate of drug-likeness (QED) is 0.635. The summed E-state index contributed by atoms with van der Waals surface area (Å²) in [6.07, 6.45) is 0.782. The molecule has 1 fully saturated rings. The van der Waals surface area contributed by atoms with Crippen molar-refractivity contribution in [3.63, 3.8) is 0 Å². The van der Waals surface area contributed by atoms with Gasteiger partial charge in [-0.1, -0.05) is 18.2 Å². The number of aryl methyl sites for hydroxylation is 1. The molecule has 4 rings (SSSR count).